The van der Waals surface area contributed by atoms with E-state index in [1.807, 2.05) is 24.3 Å². The van der Waals surface area contributed by atoms with Crippen LogP contribution in [0.2, 0.25) is 0 Å². The van der Waals surface area contributed by atoms with Gasteiger partial charge in [0.15, 0.2) is 11.5 Å². The first-order valence-electron chi connectivity index (χ1n) is 7.63. The van der Waals surface area contributed by atoms with Crippen molar-refractivity contribution in [2.75, 3.05) is 21.3 Å². The van der Waals surface area contributed by atoms with Crippen molar-refractivity contribution in [1.82, 2.24) is 9.38 Å². The van der Waals surface area contributed by atoms with E-state index in [2.05, 4.69) is 4.98 Å². The van der Waals surface area contributed by atoms with Crippen molar-refractivity contribution in [3.8, 4) is 17.2 Å². The molecular formula is C19H18N2O4. The van der Waals surface area contributed by atoms with Gasteiger partial charge in [-0.2, -0.15) is 0 Å². The fourth-order valence-corrected chi connectivity index (χ4v) is 2.54. The molecule has 1 aromatic carbocycles. The number of hydrogen-bond donors (Lipinski definition) is 0. The molecule has 2 aromatic heterocycles. The molecule has 0 aliphatic rings. The van der Waals surface area contributed by atoms with Gasteiger partial charge in [-0.25, -0.2) is 4.98 Å². The molecule has 0 atom stereocenters. The fourth-order valence-electron chi connectivity index (χ4n) is 2.54. The normalized spacial score (nSPS) is 11.0. The van der Waals surface area contributed by atoms with Crippen LogP contribution in [0.1, 0.15) is 11.3 Å². The standard InChI is InChI=1S/C19H18N2O4/c1-23-15-10-13(11-16(24-2)19(15)25-3)7-8-14-12-18(22)21-9-5-4-6-17(21)20-14/h4-12H,1-3H3. The molecule has 0 saturated heterocycles. The lowest BCUT2D eigenvalue weighted by Gasteiger charge is -2.12. The summed E-state index contributed by atoms with van der Waals surface area (Å²) in [5, 5.41) is 0. The van der Waals surface area contributed by atoms with Gasteiger partial charge in [0.2, 0.25) is 5.75 Å². The number of fused-ring (bicyclic) bond motifs is 1. The van der Waals surface area contributed by atoms with Crippen LogP contribution in [0.3, 0.4) is 0 Å². The van der Waals surface area contributed by atoms with Crippen molar-refractivity contribution in [2.45, 2.75) is 0 Å². The summed E-state index contributed by atoms with van der Waals surface area (Å²) in [6, 6.07) is 10.6. The highest BCUT2D eigenvalue weighted by Gasteiger charge is 2.12. The fraction of sp³-hybridized carbons (Fsp3) is 0.158. The van der Waals surface area contributed by atoms with E-state index in [9.17, 15) is 4.79 Å². The van der Waals surface area contributed by atoms with Crippen LogP contribution in [0.15, 0.2) is 47.4 Å². The van der Waals surface area contributed by atoms with Gasteiger partial charge in [-0.1, -0.05) is 12.1 Å². The Morgan fingerprint density at radius 3 is 2.32 bits per heavy atom. The largest absolute Gasteiger partial charge is 0.493 e. The minimum absolute atomic E-state index is 0.129. The average molecular weight is 338 g/mol. The van der Waals surface area contributed by atoms with Gasteiger partial charge in [0.25, 0.3) is 5.56 Å². The van der Waals surface area contributed by atoms with Gasteiger partial charge >= 0.3 is 0 Å². The summed E-state index contributed by atoms with van der Waals surface area (Å²) in [6.45, 7) is 0. The third-order valence-corrected chi connectivity index (χ3v) is 3.72. The zero-order valence-electron chi connectivity index (χ0n) is 14.2. The van der Waals surface area contributed by atoms with Crippen molar-refractivity contribution in [2.24, 2.45) is 0 Å². The van der Waals surface area contributed by atoms with Crippen LogP contribution in [0.4, 0.5) is 0 Å². The minimum Gasteiger partial charge on any atom is -0.493 e. The third-order valence-electron chi connectivity index (χ3n) is 3.72. The molecule has 0 aliphatic carbocycles. The smallest absolute Gasteiger partial charge is 0.258 e. The van der Waals surface area contributed by atoms with Gasteiger partial charge in [0.05, 0.1) is 27.0 Å². The van der Waals surface area contributed by atoms with Gasteiger partial charge in [-0.3, -0.25) is 9.20 Å². The first-order chi connectivity index (χ1) is 12.2. The van der Waals surface area contributed by atoms with E-state index in [4.69, 9.17) is 14.2 Å². The number of hydrogen-bond acceptors (Lipinski definition) is 5. The Balaban J connectivity index is 2.01. The lowest BCUT2D eigenvalue weighted by molar-refractivity contribution is 0.324. The molecule has 0 bridgehead atoms. The van der Waals surface area contributed by atoms with Crippen molar-refractivity contribution in [1.29, 1.82) is 0 Å². The number of pyridine rings is 1. The van der Waals surface area contributed by atoms with E-state index >= 15 is 0 Å². The van der Waals surface area contributed by atoms with Crippen LogP contribution < -0.4 is 19.8 Å². The molecular weight excluding hydrogens is 320 g/mol. The highest BCUT2D eigenvalue weighted by molar-refractivity contribution is 5.72. The van der Waals surface area contributed by atoms with E-state index in [0.717, 1.165) is 5.56 Å². The molecule has 0 aliphatic heterocycles. The van der Waals surface area contributed by atoms with Gasteiger partial charge in [-0.05, 0) is 35.9 Å². The van der Waals surface area contributed by atoms with Gasteiger partial charge in [0, 0.05) is 12.3 Å². The molecule has 0 unspecified atom stereocenters. The molecule has 0 fully saturated rings. The van der Waals surface area contributed by atoms with E-state index < -0.39 is 0 Å². The van der Waals surface area contributed by atoms with E-state index in [0.29, 0.717) is 28.6 Å². The Hall–Kier alpha value is -3.28. The Morgan fingerprint density at radius 2 is 1.68 bits per heavy atom. The summed E-state index contributed by atoms with van der Waals surface area (Å²) in [5.74, 6) is 1.66. The number of nitrogens with zero attached hydrogens (tertiary/aromatic N) is 2. The van der Waals surface area contributed by atoms with Crippen LogP contribution >= 0.6 is 0 Å². The predicted octanol–water partition coefficient (Wildman–Crippen LogP) is 2.89. The number of aromatic nitrogens is 2. The second-order valence-electron chi connectivity index (χ2n) is 5.24. The van der Waals surface area contributed by atoms with Crippen molar-refractivity contribution in [3.05, 3.63) is 64.2 Å². The summed E-state index contributed by atoms with van der Waals surface area (Å²) in [4.78, 5) is 16.6. The number of benzene rings is 1. The second kappa shape index (κ2) is 7.09. The van der Waals surface area contributed by atoms with Crippen LogP contribution in [0.5, 0.6) is 17.2 Å². The summed E-state index contributed by atoms with van der Waals surface area (Å²) >= 11 is 0. The predicted molar refractivity (Wildman–Crippen MR) is 96.5 cm³/mol. The van der Waals surface area contributed by atoms with Crippen LogP contribution in [-0.4, -0.2) is 30.7 Å². The van der Waals surface area contributed by atoms with Crippen molar-refractivity contribution >= 4 is 17.8 Å². The molecule has 2 heterocycles. The molecule has 128 valence electrons. The molecule has 0 saturated carbocycles. The monoisotopic (exact) mass is 338 g/mol. The molecule has 0 spiro atoms. The summed E-state index contributed by atoms with van der Waals surface area (Å²) in [5.41, 5.74) is 1.88. The van der Waals surface area contributed by atoms with Gasteiger partial charge in [-0.15, -0.1) is 0 Å². The molecule has 25 heavy (non-hydrogen) atoms. The van der Waals surface area contributed by atoms with Gasteiger partial charge in [0.1, 0.15) is 5.65 Å². The maximum Gasteiger partial charge on any atom is 0.258 e. The van der Waals surface area contributed by atoms with Crippen molar-refractivity contribution in [3.63, 3.8) is 0 Å². The Morgan fingerprint density at radius 1 is 0.960 bits per heavy atom. The van der Waals surface area contributed by atoms with Crippen LogP contribution in [0, 0.1) is 0 Å². The molecule has 0 amide bonds. The van der Waals surface area contributed by atoms with E-state index in [1.54, 1.807) is 45.7 Å². The molecule has 0 radical (unpaired) electrons. The zero-order chi connectivity index (χ0) is 17.8. The second-order valence-corrected chi connectivity index (χ2v) is 5.24. The van der Waals surface area contributed by atoms with Crippen molar-refractivity contribution < 1.29 is 14.2 Å². The van der Waals surface area contributed by atoms with Crippen LogP contribution in [-0.2, 0) is 0 Å². The SMILES string of the molecule is COc1cc(C=Cc2cc(=O)n3ccccc3n2)cc(OC)c1OC. The third kappa shape index (κ3) is 3.33. The van der Waals surface area contributed by atoms with Crippen LogP contribution in [0.25, 0.3) is 17.8 Å². The summed E-state index contributed by atoms with van der Waals surface area (Å²) in [6.07, 6.45) is 5.30. The number of rotatable bonds is 5. The highest BCUT2D eigenvalue weighted by Crippen LogP contribution is 2.38. The molecule has 6 nitrogen and oxygen atoms in total. The highest BCUT2D eigenvalue weighted by atomic mass is 16.5. The summed E-state index contributed by atoms with van der Waals surface area (Å²) in [7, 11) is 4.69. The number of ether oxygens (including phenoxy) is 3. The Kier molecular flexibility index (Phi) is 4.70. The first-order valence-corrected chi connectivity index (χ1v) is 7.63. The lowest BCUT2D eigenvalue weighted by atomic mass is 10.1. The Bertz CT molecular complexity index is 967. The summed E-state index contributed by atoms with van der Waals surface area (Å²) < 4.78 is 17.5. The Labute approximate surface area is 144 Å². The lowest BCUT2D eigenvalue weighted by Crippen LogP contribution is -2.13. The topological polar surface area (TPSA) is 62.1 Å². The minimum atomic E-state index is -0.129. The quantitative estimate of drug-likeness (QED) is 0.716. The maximum atomic E-state index is 12.1. The van der Waals surface area contributed by atoms with E-state index in [1.165, 1.54) is 10.5 Å². The molecule has 3 aromatic rings. The maximum absolute atomic E-state index is 12.1. The van der Waals surface area contributed by atoms with E-state index in [-0.39, 0.29) is 5.56 Å². The average Bonchev–Trinajstić information content (AvgIpc) is 2.65. The molecule has 6 heteroatoms. The first kappa shape index (κ1) is 16.6. The number of methoxy groups -OCH3 is 3. The molecule has 0 N–H and O–H groups in total. The zero-order valence-corrected chi connectivity index (χ0v) is 14.2. The molecule has 3 rings (SSSR count). The van der Waals surface area contributed by atoms with Gasteiger partial charge < -0.3 is 14.2 Å².